The average Bonchev–Trinajstić information content (AvgIpc) is 2.90. The van der Waals surface area contributed by atoms with E-state index >= 15 is 0 Å². The number of H-pyrrole nitrogens is 1. The third kappa shape index (κ3) is 4.11. The number of nitrogens with one attached hydrogen (secondary N) is 2. The minimum atomic E-state index is -3.67. The van der Waals surface area contributed by atoms with Gasteiger partial charge in [-0.25, -0.2) is 8.42 Å². The lowest BCUT2D eigenvalue weighted by molar-refractivity contribution is -0.118. The number of ether oxygens (including phenoxy) is 1. The number of benzene rings is 1. The van der Waals surface area contributed by atoms with Gasteiger partial charge in [0.1, 0.15) is 0 Å². The van der Waals surface area contributed by atoms with Crippen molar-refractivity contribution in [3.05, 3.63) is 36.0 Å². The fourth-order valence-electron chi connectivity index (χ4n) is 2.89. The van der Waals surface area contributed by atoms with E-state index in [1.165, 1.54) is 0 Å². The molecule has 2 heterocycles. The van der Waals surface area contributed by atoms with E-state index < -0.39 is 15.9 Å². The zero-order chi connectivity index (χ0) is 16.3. The number of rotatable bonds is 5. The Hall–Kier alpha value is -1.86. The number of para-hydroxylation sites is 1. The van der Waals surface area contributed by atoms with Crippen LogP contribution in [0.2, 0.25) is 0 Å². The molecule has 1 fully saturated rings. The van der Waals surface area contributed by atoms with Gasteiger partial charge in [-0.1, -0.05) is 18.2 Å². The molecule has 6 nitrogen and oxygen atoms in total. The van der Waals surface area contributed by atoms with Gasteiger partial charge in [0.2, 0.25) is 15.9 Å². The standard InChI is InChI=1S/C16H20N2O4S/c19-16(9-12-10-17-15-7-2-1-6-14(12)15)18-23(20,21)11-13-5-3-4-8-22-13/h1-2,6-7,10,13,17H,3-5,8-9,11H2,(H,18,19)/t13-/m0/s1. The number of aromatic nitrogens is 1. The van der Waals surface area contributed by atoms with E-state index in [1.807, 2.05) is 24.3 Å². The van der Waals surface area contributed by atoms with E-state index in [-0.39, 0.29) is 18.3 Å². The number of hydrogen-bond acceptors (Lipinski definition) is 4. The van der Waals surface area contributed by atoms with Gasteiger partial charge < -0.3 is 9.72 Å². The minimum Gasteiger partial charge on any atom is -0.377 e. The van der Waals surface area contributed by atoms with Crippen LogP contribution in [0.4, 0.5) is 0 Å². The molecule has 1 saturated heterocycles. The molecule has 2 N–H and O–H groups in total. The van der Waals surface area contributed by atoms with Crippen LogP contribution in [-0.2, 0) is 26.0 Å². The summed E-state index contributed by atoms with van der Waals surface area (Å²) in [5.41, 5.74) is 1.70. The predicted molar refractivity (Wildman–Crippen MR) is 87.5 cm³/mol. The summed E-state index contributed by atoms with van der Waals surface area (Å²) in [5.74, 6) is -0.683. The number of fused-ring (bicyclic) bond motifs is 1. The van der Waals surface area contributed by atoms with Crippen molar-refractivity contribution in [2.24, 2.45) is 0 Å². The normalized spacial score (nSPS) is 18.9. The third-order valence-corrected chi connectivity index (χ3v) is 5.32. The summed E-state index contributed by atoms with van der Waals surface area (Å²) in [6, 6.07) is 7.60. The highest BCUT2D eigenvalue weighted by Gasteiger charge is 2.24. The number of carbonyl (C=O) groups excluding carboxylic acids is 1. The SMILES string of the molecule is O=C(Cc1c[nH]c2ccccc12)NS(=O)(=O)C[C@@H]1CCCCO1. The molecule has 124 valence electrons. The topological polar surface area (TPSA) is 88.3 Å². The number of sulfonamides is 1. The van der Waals surface area contributed by atoms with Crippen LogP contribution in [-0.4, -0.2) is 37.8 Å². The molecule has 1 aromatic heterocycles. The maximum absolute atomic E-state index is 12.1. The van der Waals surface area contributed by atoms with Crippen molar-refractivity contribution in [1.82, 2.24) is 9.71 Å². The van der Waals surface area contributed by atoms with E-state index in [0.29, 0.717) is 6.61 Å². The van der Waals surface area contributed by atoms with Crippen molar-refractivity contribution >= 4 is 26.8 Å². The van der Waals surface area contributed by atoms with Gasteiger partial charge in [-0.05, 0) is 30.9 Å². The molecule has 2 aromatic rings. The number of aromatic amines is 1. The number of carbonyl (C=O) groups is 1. The van der Waals surface area contributed by atoms with Gasteiger partial charge in [-0.15, -0.1) is 0 Å². The Morgan fingerprint density at radius 3 is 2.91 bits per heavy atom. The Morgan fingerprint density at radius 2 is 2.13 bits per heavy atom. The molecule has 7 heteroatoms. The Morgan fingerprint density at radius 1 is 1.30 bits per heavy atom. The third-order valence-electron chi connectivity index (χ3n) is 3.97. The molecule has 1 aromatic carbocycles. The van der Waals surface area contributed by atoms with Crippen LogP contribution in [0.5, 0.6) is 0 Å². The second-order valence-electron chi connectivity index (χ2n) is 5.83. The smallest absolute Gasteiger partial charge is 0.237 e. The quantitative estimate of drug-likeness (QED) is 0.870. The highest BCUT2D eigenvalue weighted by Crippen LogP contribution is 2.18. The van der Waals surface area contributed by atoms with Gasteiger partial charge in [0.15, 0.2) is 0 Å². The van der Waals surface area contributed by atoms with Crippen LogP contribution in [0.1, 0.15) is 24.8 Å². The molecule has 0 bridgehead atoms. The Labute approximate surface area is 135 Å². The van der Waals surface area contributed by atoms with Gasteiger partial charge in [-0.2, -0.15) is 0 Å². The van der Waals surface area contributed by atoms with E-state index in [4.69, 9.17) is 4.74 Å². The highest BCUT2D eigenvalue weighted by atomic mass is 32.2. The van der Waals surface area contributed by atoms with E-state index in [1.54, 1.807) is 6.20 Å². The largest absolute Gasteiger partial charge is 0.377 e. The van der Waals surface area contributed by atoms with Crippen LogP contribution in [0.15, 0.2) is 30.5 Å². The molecule has 1 aliphatic rings. The average molecular weight is 336 g/mol. The second-order valence-corrected chi connectivity index (χ2v) is 7.60. The zero-order valence-corrected chi connectivity index (χ0v) is 13.6. The Bertz CT molecular complexity index is 791. The van der Waals surface area contributed by atoms with Gasteiger partial charge >= 0.3 is 0 Å². The van der Waals surface area contributed by atoms with Crippen molar-refractivity contribution in [3.63, 3.8) is 0 Å². The van der Waals surface area contributed by atoms with Crippen molar-refractivity contribution in [2.45, 2.75) is 31.8 Å². The molecule has 0 unspecified atom stereocenters. The summed E-state index contributed by atoms with van der Waals surface area (Å²) in [6.45, 7) is 0.587. The van der Waals surface area contributed by atoms with E-state index in [0.717, 1.165) is 35.7 Å². The van der Waals surface area contributed by atoms with Crippen LogP contribution in [0.3, 0.4) is 0 Å². The first-order chi connectivity index (χ1) is 11.0. The lowest BCUT2D eigenvalue weighted by Gasteiger charge is -2.22. The van der Waals surface area contributed by atoms with Crippen LogP contribution in [0.25, 0.3) is 10.9 Å². The summed E-state index contributed by atoms with van der Waals surface area (Å²) < 4.78 is 31.7. The van der Waals surface area contributed by atoms with Gasteiger partial charge in [0, 0.05) is 23.7 Å². The van der Waals surface area contributed by atoms with Crippen LogP contribution in [0, 0.1) is 0 Å². The highest BCUT2D eigenvalue weighted by molar-refractivity contribution is 7.90. The van der Waals surface area contributed by atoms with Gasteiger partial charge in [0.05, 0.1) is 18.3 Å². The minimum absolute atomic E-state index is 0.0226. The molecule has 23 heavy (non-hydrogen) atoms. The summed E-state index contributed by atoms with van der Waals surface area (Å²) in [5, 5.41) is 0.927. The molecule has 1 atom stereocenters. The van der Waals surface area contributed by atoms with Crippen molar-refractivity contribution in [2.75, 3.05) is 12.4 Å². The molecular formula is C16H20N2O4S. The fraction of sp³-hybridized carbons (Fsp3) is 0.438. The summed E-state index contributed by atoms with van der Waals surface area (Å²) >= 11 is 0. The Kier molecular flexibility index (Phi) is 4.68. The molecule has 0 spiro atoms. The van der Waals surface area contributed by atoms with Crippen LogP contribution < -0.4 is 4.72 Å². The molecule has 0 saturated carbocycles. The Balaban J connectivity index is 1.62. The number of amides is 1. The van der Waals surface area contributed by atoms with Crippen LogP contribution >= 0.6 is 0 Å². The van der Waals surface area contributed by atoms with Crippen molar-refractivity contribution in [3.8, 4) is 0 Å². The molecule has 3 rings (SSSR count). The van der Waals surface area contributed by atoms with Crippen molar-refractivity contribution < 1.29 is 17.9 Å². The fourth-order valence-corrected chi connectivity index (χ4v) is 4.14. The lowest BCUT2D eigenvalue weighted by Crippen LogP contribution is -2.38. The molecule has 1 aliphatic heterocycles. The second kappa shape index (κ2) is 6.72. The van der Waals surface area contributed by atoms with Gasteiger partial charge in [-0.3, -0.25) is 9.52 Å². The zero-order valence-electron chi connectivity index (χ0n) is 12.7. The first kappa shape index (κ1) is 16.0. The van der Waals surface area contributed by atoms with E-state index in [2.05, 4.69) is 9.71 Å². The number of hydrogen-bond donors (Lipinski definition) is 2. The summed E-state index contributed by atoms with van der Waals surface area (Å²) in [4.78, 5) is 15.1. The summed E-state index contributed by atoms with van der Waals surface area (Å²) in [6.07, 6.45) is 4.09. The molecular weight excluding hydrogens is 316 g/mol. The molecule has 1 amide bonds. The predicted octanol–water partition coefficient (Wildman–Crippen LogP) is 1.73. The maximum Gasteiger partial charge on any atom is 0.237 e. The van der Waals surface area contributed by atoms with Crippen molar-refractivity contribution in [1.29, 1.82) is 0 Å². The summed E-state index contributed by atoms with van der Waals surface area (Å²) in [7, 11) is -3.67. The first-order valence-electron chi connectivity index (χ1n) is 7.73. The van der Waals surface area contributed by atoms with Gasteiger partial charge in [0.25, 0.3) is 0 Å². The lowest BCUT2D eigenvalue weighted by atomic mass is 10.1. The first-order valence-corrected chi connectivity index (χ1v) is 9.39. The maximum atomic E-state index is 12.1. The monoisotopic (exact) mass is 336 g/mol. The molecule has 0 aliphatic carbocycles. The van der Waals surface area contributed by atoms with E-state index in [9.17, 15) is 13.2 Å². The molecule has 0 radical (unpaired) electrons.